The summed E-state index contributed by atoms with van der Waals surface area (Å²) in [6, 6.07) is 7.71. The van der Waals surface area contributed by atoms with Crippen molar-refractivity contribution < 1.29 is 9.53 Å². The highest BCUT2D eigenvalue weighted by Crippen LogP contribution is 2.36. The monoisotopic (exact) mass is 260 g/mol. The lowest BCUT2D eigenvalue weighted by Gasteiger charge is -2.34. The molecular formula is C17H24O2. The highest BCUT2D eigenvalue weighted by atomic mass is 16.5. The molecule has 1 aromatic carbocycles. The molecule has 0 saturated heterocycles. The first-order chi connectivity index (χ1) is 8.96. The zero-order valence-corrected chi connectivity index (χ0v) is 12.2. The number of rotatable bonds is 4. The molecule has 0 unspecified atom stereocenters. The standard InChI is InChI=1S/C17H24O2/c1-13-5-4-6-14(11-13)16(18)12-19-15-7-9-17(2,3)10-8-15/h4-6,11,15H,7-10,12H2,1-3H3. The third kappa shape index (κ3) is 4.17. The molecule has 2 nitrogen and oxygen atoms in total. The Morgan fingerprint density at radius 2 is 2.00 bits per heavy atom. The van der Waals surface area contributed by atoms with Crippen LogP contribution in [0.1, 0.15) is 55.5 Å². The predicted octanol–water partition coefficient (Wildman–Crippen LogP) is 4.16. The highest BCUT2D eigenvalue weighted by molar-refractivity contribution is 5.97. The summed E-state index contributed by atoms with van der Waals surface area (Å²) in [6.45, 7) is 6.83. The van der Waals surface area contributed by atoms with Crippen molar-refractivity contribution >= 4 is 5.78 Å². The highest BCUT2D eigenvalue weighted by Gasteiger charge is 2.27. The van der Waals surface area contributed by atoms with Crippen LogP contribution in [0.3, 0.4) is 0 Å². The van der Waals surface area contributed by atoms with E-state index in [2.05, 4.69) is 13.8 Å². The zero-order chi connectivity index (χ0) is 13.9. The summed E-state index contributed by atoms with van der Waals surface area (Å²) in [4.78, 5) is 12.0. The molecular weight excluding hydrogens is 236 g/mol. The van der Waals surface area contributed by atoms with Gasteiger partial charge in [-0.2, -0.15) is 0 Å². The molecule has 1 aliphatic rings. The lowest BCUT2D eigenvalue weighted by molar-refractivity contribution is 0.00862. The summed E-state index contributed by atoms with van der Waals surface area (Å²) in [6.07, 6.45) is 4.80. The van der Waals surface area contributed by atoms with Gasteiger partial charge < -0.3 is 4.74 Å². The van der Waals surface area contributed by atoms with E-state index < -0.39 is 0 Å². The fraction of sp³-hybridized carbons (Fsp3) is 0.588. The van der Waals surface area contributed by atoms with Gasteiger partial charge in [0.2, 0.25) is 0 Å². The van der Waals surface area contributed by atoms with Gasteiger partial charge in [-0.1, -0.05) is 37.6 Å². The fourth-order valence-corrected chi connectivity index (χ4v) is 2.63. The summed E-state index contributed by atoms with van der Waals surface area (Å²) >= 11 is 0. The summed E-state index contributed by atoms with van der Waals surface area (Å²) in [5, 5.41) is 0. The van der Waals surface area contributed by atoms with Crippen LogP contribution in [0.2, 0.25) is 0 Å². The number of Topliss-reactive ketones (excluding diaryl/α,β-unsaturated/α-hetero) is 1. The van der Waals surface area contributed by atoms with Gasteiger partial charge >= 0.3 is 0 Å². The Kier molecular flexibility index (Phi) is 4.41. The fourth-order valence-electron chi connectivity index (χ4n) is 2.63. The van der Waals surface area contributed by atoms with Crippen LogP contribution in [-0.4, -0.2) is 18.5 Å². The molecule has 0 heterocycles. The predicted molar refractivity (Wildman–Crippen MR) is 77.5 cm³/mol. The molecule has 0 radical (unpaired) electrons. The molecule has 1 saturated carbocycles. The summed E-state index contributed by atoms with van der Waals surface area (Å²) in [7, 11) is 0. The Hall–Kier alpha value is -1.15. The number of hydrogen-bond acceptors (Lipinski definition) is 2. The maximum Gasteiger partial charge on any atom is 0.188 e. The van der Waals surface area contributed by atoms with Crippen LogP contribution in [0.15, 0.2) is 24.3 Å². The minimum Gasteiger partial charge on any atom is -0.370 e. The van der Waals surface area contributed by atoms with Gasteiger partial charge in [0.15, 0.2) is 5.78 Å². The maximum atomic E-state index is 12.0. The average molecular weight is 260 g/mol. The van der Waals surface area contributed by atoms with Crippen molar-refractivity contribution in [3.05, 3.63) is 35.4 Å². The zero-order valence-electron chi connectivity index (χ0n) is 12.2. The molecule has 0 aromatic heterocycles. The topological polar surface area (TPSA) is 26.3 Å². The minimum absolute atomic E-state index is 0.0912. The molecule has 0 aliphatic heterocycles. The van der Waals surface area contributed by atoms with Crippen LogP contribution in [0.5, 0.6) is 0 Å². The van der Waals surface area contributed by atoms with Crippen LogP contribution >= 0.6 is 0 Å². The molecule has 0 atom stereocenters. The second-order valence-electron chi connectivity index (χ2n) is 6.47. The number of aryl methyl sites for hydroxylation is 1. The van der Waals surface area contributed by atoms with E-state index in [0.29, 0.717) is 5.41 Å². The molecule has 19 heavy (non-hydrogen) atoms. The largest absolute Gasteiger partial charge is 0.370 e. The molecule has 2 rings (SSSR count). The first-order valence-corrected chi connectivity index (χ1v) is 7.18. The van der Waals surface area contributed by atoms with E-state index in [1.54, 1.807) is 0 Å². The van der Waals surface area contributed by atoms with E-state index in [-0.39, 0.29) is 18.5 Å². The second-order valence-corrected chi connectivity index (χ2v) is 6.47. The van der Waals surface area contributed by atoms with Crippen molar-refractivity contribution in [2.24, 2.45) is 5.41 Å². The Morgan fingerprint density at radius 3 is 2.63 bits per heavy atom. The number of ether oxygens (including phenoxy) is 1. The minimum atomic E-state index is 0.0912. The van der Waals surface area contributed by atoms with Crippen LogP contribution in [0.25, 0.3) is 0 Å². The Labute approximate surface area is 116 Å². The van der Waals surface area contributed by atoms with Crippen molar-refractivity contribution in [1.29, 1.82) is 0 Å². The molecule has 1 aromatic rings. The normalized spacial score (nSPS) is 19.3. The van der Waals surface area contributed by atoms with Crippen molar-refractivity contribution in [2.75, 3.05) is 6.61 Å². The van der Waals surface area contributed by atoms with Crippen molar-refractivity contribution in [2.45, 2.75) is 52.6 Å². The second kappa shape index (κ2) is 5.87. The number of carbonyl (C=O) groups excluding carboxylic acids is 1. The van der Waals surface area contributed by atoms with E-state index in [1.165, 1.54) is 12.8 Å². The lowest BCUT2D eigenvalue weighted by Crippen LogP contribution is -2.28. The number of ketones is 1. The van der Waals surface area contributed by atoms with Gasteiger partial charge in [0.25, 0.3) is 0 Å². The smallest absolute Gasteiger partial charge is 0.188 e. The molecule has 2 heteroatoms. The molecule has 104 valence electrons. The SMILES string of the molecule is Cc1cccc(C(=O)COC2CCC(C)(C)CC2)c1. The van der Waals surface area contributed by atoms with E-state index in [4.69, 9.17) is 4.74 Å². The summed E-state index contributed by atoms with van der Waals surface area (Å²) in [5.74, 6) is 0.0912. The first kappa shape index (κ1) is 14.3. The van der Waals surface area contributed by atoms with Crippen molar-refractivity contribution in [3.8, 4) is 0 Å². The number of hydrogen-bond donors (Lipinski definition) is 0. The van der Waals surface area contributed by atoms with Gasteiger partial charge in [-0.25, -0.2) is 0 Å². The molecule has 1 fully saturated rings. The Bertz CT molecular complexity index is 438. The summed E-state index contributed by atoms with van der Waals surface area (Å²) < 4.78 is 5.78. The van der Waals surface area contributed by atoms with E-state index in [9.17, 15) is 4.79 Å². The third-order valence-corrected chi connectivity index (χ3v) is 4.08. The van der Waals surface area contributed by atoms with Crippen molar-refractivity contribution in [3.63, 3.8) is 0 Å². The molecule has 1 aliphatic carbocycles. The number of benzene rings is 1. The van der Waals surface area contributed by atoms with E-state index in [0.717, 1.165) is 24.0 Å². The first-order valence-electron chi connectivity index (χ1n) is 7.18. The van der Waals surface area contributed by atoms with Gasteiger partial charge in [0.1, 0.15) is 6.61 Å². The van der Waals surface area contributed by atoms with Gasteiger partial charge in [0, 0.05) is 5.56 Å². The number of carbonyl (C=O) groups is 1. The van der Waals surface area contributed by atoms with Crippen LogP contribution in [0, 0.1) is 12.3 Å². The van der Waals surface area contributed by atoms with Crippen LogP contribution in [-0.2, 0) is 4.74 Å². The molecule has 0 N–H and O–H groups in total. The molecule has 0 spiro atoms. The molecule has 0 bridgehead atoms. The van der Waals surface area contributed by atoms with Gasteiger partial charge in [-0.15, -0.1) is 0 Å². The van der Waals surface area contributed by atoms with Crippen LogP contribution < -0.4 is 0 Å². The Morgan fingerprint density at radius 1 is 1.32 bits per heavy atom. The van der Waals surface area contributed by atoms with Gasteiger partial charge in [0.05, 0.1) is 6.10 Å². The van der Waals surface area contributed by atoms with E-state index in [1.807, 2.05) is 31.2 Å². The lowest BCUT2D eigenvalue weighted by atomic mass is 9.76. The van der Waals surface area contributed by atoms with Crippen molar-refractivity contribution in [1.82, 2.24) is 0 Å². The third-order valence-electron chi connectivity index (χ3n) is 4.08. The quantitative estimate of drug-likeness (QED) is 0.760. The molecule has 0 amide bonds. The van der Waals surface area contributed by atoms with Gasteiger partial charge in [-0.3, -0.25) is 4.79 Å². The van der Waals surface area contributed by atoms with E-state index >= 15 is 0 Å². The van der Waals surface area contributed by atoms with Crippen LogP contribution in [0.4, 0.5) is 0 Å². The average Bonchev–Trinajstić information content (AvgIpc) is 2.37. The summed E-state index contributed by atoms with van der Waals surface area (Å²) in [5.41, 5.74) is 2.32. The van der Waals surface area contributed by atoms with Gasteiger partial charge in [-0.05, 0) is 44.1 Å². The maximum absolute atomic E-state index is 12.0. The Balaban J connectivity index is 1.81.